The van der Waals surface area contributed by atoms with E-state index in [4.69, 9.17) is 5.73 Å². The van der Waals surface area contributed by atoms with Crippen LogP contribution in [0.15, 0.2) is 0 Å². The number of halogens is 1. The van der Waals surface area contributed by atoms with Crippen molar-refractivity contribution in [3.63, 3.8) is 0 Å². The number of hydrogen-bond acceptors (Lipinski definition) is 1. The van der Waals surface area contributed by atoms with Gasteiger partial charge < -0.3 is 5.73 Å². The quantitative estimate of drug-likeness (QED) is 0.0731. The van der Waals surface area contributed by atoms with Crippen LogP contribution in [0.2, 0.25) is 0 Å². The lowest BCUT2D eigenvalue weighted by Gasteiger charge is -2.36. The third-order valence-corrected chi connectivity index (χ3v) is 9.96. The number of hydrogen-bond donors (Lipinski definition) is 1. The maximum atomic E-state index is 7.28. The summed E-state index contributed by atoms with van der Waals surface area (Å²) < 4.78 is 0. The van der Waals surface area contributed by atoms with Gasteiger partial charge in [0.05, 0.1) is 0 Å². The van der Waals surface area contributed by atoms with Gasteiger partial charge in [-0.25, -0.2) is 0 Å². The smallest absolute Gasteiger partial charge is 0.0180 e. The molecule has 0 aromatic carbocycles. The molecule has 0 aliphatic rings. The van der Waals surface area contributed by atoms with Gasteiger partial charge in [-0.05, 0) is 25.2 Å². The van der Waals surface area contributed by atoms with Crippen molar-refractivity contribution in [2.75, 3.05) is 0 Å². The Morgan fingerprint density at radius 2 is 0.585 bits per heavy atom. The Bertz CT molecular complexity index is 440. The van der Waals surface area contributed by atoms with Crippen LogP contribution in [-0.4, -0.2) is 5.54 Å². The van der Waals surface area contributed by atoms with Gasteiger partial charge in [-0.3, -0.25) is 0 Å². The first kappa shape index (κ1) is 43.4. The molecule has 1 atom stereocenters. The first-order chi connectivity index (χ1) is 19.6. The lowest BCUT2D eigenvalue weighted by molar-refractivity contribution is 0.220. The van der Waals surface area contributed by atoms with Crippen LogP contribution in [0.3, 0.4) is 0 Å². The van der Waals surface area contributed by atoms with E-state index in [0.29, 0.717) is 5.92 Å². The van der Waals surface area contributed by atoms with Crippen molar-refractivity contribution in [3.05, 3.63) is 0 Å². The molecule has 1 nitrogen and oxygen atoms in total. The minimum absolute atomic E-state index is 0. The van der Waals surface area contributed by atoms with Crippen molar-refractivity contribution in [1.29, 1.82) is 0 Å². The van der Waals surface area contributed by atoms with Gasteiger partial charge >= 0.3 is 0 Å². The second-order valence-electron chi connectivity index (χ2n) is 14.0. The summed E-state index contributed by atoms with van der Waals surface area (Å²) in [6.45, 7) is 9.43. The average molecular weight is 601 g/mol. The molecule has 2 N–H and O–H groups in total. The number of rotatable bonds is 34. The van der Waals surface area contributed by atoms with Crippen LogP contribution >= 0.6 is 12.4 Å². The molecule has 0 saturated carbocycles. The molecule has 0 aromatic rings. The van der Waals surface area contributed by atoms with Gasteiger partial charge in [0, 0.05) is 5.54 Å². The highest BCUT2D eigenvalue weighted by Gasteiger charge is 2.30. The van der Waals surface area contributed by atoms with E-state index >= 15 is 0 Å². The lowest BCUT2D eigenvalue weighted by Crippen LogP contribution is -2.46. The van der Waals surface area contributed by atoms with E-state index in [0.717, 1.165) is 0 Å². The summed E-state index contributed by atoms with van der Waals surface area (Å²) in [4.78, 5) is 0. The Labute approximate surface area is 268 Å². The highest BCUT2D eigenvalue weighted by Crippen LogP contribution is 2.32. The molecule has 0 aromatic heterocycles. The van der Waals surface area contributed by atoms with E-state index in [1.54, 1.807) is 0 Å². The van der Waals surface area contributed by atoms with E-state index in [1.807, 2.05) is 0 Å². The monoisotopic (exact) mass is 600 g/mol. The maximum Gasteiger partial charge on any atom is 0.0180 e. The molecule has 0 saturated heterocycles. The van der Waals surface area contributed by atoms with Crippen LogP contribution in [0.5, 0.6) is 0 Å². The molecule has 0 aliphatic carbocycles. The molecule has 0 bridgehead atoms. The predicted molar refractivity (Wildman–Crippen MR) is 193 cm³/mol. The van der Waals surface area contributed by atoms with Gasteiger partial charge in [0.15, 0.2) is 0 Å². The van der Waals surface area contributed by atoms with E-state index < -0.39 is 0 Å². The van der Waals surface area contributed by atoms with Gasteiger partial charge in [0.25, 0.3) is 0 Å². The zero-order chi connectivity index (χ0) is 29.4. The second kappa shape index (κ2) is 34.7. The number of nitrogens with two attached hydrogens (primary N) is 1. The van der Waals surface area contributed by atoms with Gasteiger partial charge in [0.1, 0.15) is 0 Å². The normalized spacial score (nSPS) is 12.5. The highest BCUT2D eigenvalue weighted by atomic mass is 35.5. The standard InChI is InChI=1S/C39H81N.ClH/c1-5-8-11-14-17-20-23-26-29-32-35-38(4)39(40,36-33-30-27-24-21-18-15-12-9-6-2)37-34-31-28-25-22-19-16-13-10-7-3;/h38H,5-37,40H2,1-4H3;1H. The fourth-order valence-electron chi connectivity index (χ4n) is 6.73. The van der Waals surface area contributed by atoms with Crippen LogP contribution in [0, 0.1) is 5.92 Å². The summed E-state index contributed by atoms with van der Waals surface area (Å²) in [6, 6.07) is 0. The van der Waals surface area contributed by atoms with Crippen LogP contribution in [0.4, 0.5) is 0 Å². The Morgan fingerprint density at radius 3 is 0.854 bits per heavy atom. The first-order valence-electron chi connectivity index (χ1n) is 19.4. The molecular weight excluding hydrogens is 518 g/mol. The van der Waals surface area contributed by atoms with Crippen LogP contribution in [0.1, 0.15) is 240 Å². The fourth-order valence-corrected chi connectivity index (χ4v) is 6.73. The van der Waals surface area contributed by atoms with Gasteiger partial charge in [0.2, 0.25) is 0 Å². The molecule has 0 fully saturated rings. The predicted octanol–water partition coefficient (Wildman–Crippen LogP) is 14.7. The lowest BCUT2D eigenvalue weighted by atomic mass is 9.75. The van der Waals surface area contributed by atoms with Crippen LogP contribution in [0.25, 0.3) is 0 Å². The molecule has 1 unspecified atom stereocenters. The highest BCUT2D eigenvalue weighted by molar-refractivity contribution is 5.85. The van der Waals surface area contributed by atoms with E-state index in [2.05, 4.69) is 27.7 Å². The van der Waals surface area contributed by atoms with E-state index in [-0.39, 0.29) is 17.9 Å². The Kier molecular flexibility index (Phi) is 36.8. The molecule has 0 amide bonds. The minimum atomic E-state index is 0. The van der Waals surface area contributed by atoms with Crippen molar-refractivity contribution < 1.29 is 0 Å². The molecule has 250 valence electrons. The van der Waals surface area contributed by atoms with Crippen LogP contribution in [-0.2, 0) is 0 Å². The summed E-state index contributed by atoms with van der Waals surface area (Å²) in [5.74, 6) is 0.679. The van der Waals surface area contributed by atoms with E-state index in [1.165, 1.54) is 212 Å². The third-order valence-electron chi connectivity index (χ3n) is 9.96. The summed E-state index contributed by atoms with van der Waals surface area (Å²) in [7, 11) is 0. The summed E-state index contributed by atoms with van der Waals surface area (Å²) >= 11 is 0. The summed E-state index contributed by atoms with van der Waals surface area (Å²) in [5, 5.41) is 0. The van der Waals surface area contributed by atoms with Crippen LogP contribution < -0.4 is 5.73 Å². The van der Waals surface area contributed by atoms with Crippen molar-refractivity contribution >= 4 is 12.4 Å². The van der Waals surface area contributed by atoms with Crippen molar-refractivity contribution in [2.24, 2.45) is 11.7 Å². The first-order valence-corrected chi connectivity index (χ1v) is 19.4. The van der Waals surface area contributed by atoms with Gasteiger partial charge in [-0.1, -0.05) is 220 Å². The zero-order valence-electron chi connectivity index (χ0n) is 29.4. The Morgan fingerprint density at radius 1 is 0.366 bits per heavy atom. The van der Waals surface area contributed by atoms with Crippen molar-refractivity contribution in [3.8, 4) is 0 Å². The fraction of sp³-hybridized carbons (Fsp3) is 1.00. The molecule has 0 rings (SSSR count). The summed E-state index contributed by atoms with van der Waals surface area (Å²) in [5.41, 5.74) is 7.36. The molecule has 0 spiro atoms. The topological polar surface area (TPSA) is 26.0 Å². The number of unbranched alkanes of at least 4 members (excludes halogenated alkanes) is 27. The molecule has 0 aliphatic heterocycles. The molecule has 0 radical (unpaired) electrons. The summed E-state index contributed by atoms with van der Waals surface area (Å²) in [6.07, 6.45) is 46.6. The Hall–Kier alpha value is 0.250. The molecule has 0 heterocycles. The third kappa shape index (κ3) is 30.1. The molecule has 41 heavy (non-hydrogen) atoms. The minimum Gasteiger partial charge on any atom is -0.325 e. The van der Waals surface area contributed by atoms with Gasteiger partial charge in [-0.15, -0.1) is 12.4 Å². The van der Waals surface area contributed by atoms with Crippen molar-refractivity contribution in [2.45, 2.75) is 245 Å². The van der Waals surface area contributed by atoms with Gasteiger partial charge in [-0.2, -0.15) is 0 Å². The molecular formula is C39H82ClN. The largest absolute Gasteiger partial charge is 0.325 e. The second-order valence-corrected chi connectivity index (χ2v) is 14.0. The zero-order valence-corrected chi connectivity index (χ0v) is 30.2. The Balaban J connectivity index is 0. The molecule has 2 heteroatoms. The van der Waals surface area contributed by atoms with Crippen molar-refractivity contribution in [1.82, 2.24) is 0 Å². The maximum absolute atomic E-state index is 7.28. The van der Waals surface area contributed by atoms with E-state index in [9.17, 15) is 0 Å². The SMILES string of the molecule is CCCCCCCCCCCCC(C)C(N)(CCCCCCCCCCCC)CCCCCCCCCCCC.Cl. The average Bonchev–Trinajstić information content (AvgIpc) is 2.96.